The second-order valence-corrected chi connectivity index (χ2v) is 6.14. The van der Waals surface area contributed by atoms with Gasteiger partial charge in [0.25, 0.3) is 0 Å². The topological polar surface area (TPSA) is 34.1 Å². The highest BCUT2D eigenvalue weighted by atomic mass is 32.1. The Morgan fingerprint density at radius 3 is 2.80 bits per heavy atom. The minimum atomic E-state index is 0.483. The van der Waals surface area contributed by atoms with Crippen LogP contribution in [0, 0.1) is 6.92 Å². The van der Waals surface area contributed by atoms with E-state index < -0.39 is 0 Å². The zero-order valence-electron chi connectivity index (χ0n) is 12.3. The Balaban J connectivity index is 1.85. The largest absolute Gasteiger partial charge is 0.477 e. The molecule has 0 unspecified atom stereocenters. The van der Waals surface area contributed by atoms with Gasteiger partial charge in [-0.3, -0.25) is 0 Å². The Morgan fingerprint density at radius 2 is 2.15 bits per heavy atom. The maximum Gasteiger partial charge on any atom is 0.213 e. The standard InChI is InChI=1S/C16H22N2OS/c1-12(2)17-11-14-6-7-16(18-13(14)3)19-9-8-15-5-4-10-20-15/h4-7,10,12,17H,8-9,11H2,1-3H3. The first-order valence-electron chi connectivity index (χ1n) is 7.00. The van der Waals surface area contributed by atoms with E-state index in [0.717, 1.165) is 18.7 Å². The van der Waals surface area contributed by atoms with Gasteiger partial charge >= 0.3 is 0 Å². The molecule has 0 saturated carbocycles. The van der Waals surface area contributed by atoms with E-state index in [1.807, 2.05) is 13.0 Å². The SMILES string of the molecule is Cc1nc(OCCc2cccs2)ccc1CNC(C)C. The molecule has 2 aromatic heterocycles. The third-order valence-corrected chi connectivity index (χ3v) is 3.99. The molecule has 3 nitrogen and oxygen atoms in total. The summed E-state index contributed by atoms with van der Waals surface area (Å²) < 4.78 is 5.72. The third-order valence-electron chi connectivity index (χ3n) is 3.05. The summed E-state index contributed by atoms with van der Waals surface area (Å²) >= 11 is 1.76. The predicted molar refractivity (Wildman–Crippen MR) is 84.5 cm³/mol. The molecule has 0 fully saturated rings. The lowest BCUT2D eigenvalue weighted by Gasteiger charge is -2.11. The van der Waals surface area contributed by atoms with Crippen molar-refractivity contribution >= 4 is 11.3 Å². The van der Waals surface area contributed by atoms with E-state index in [0.29, 0.717) is 18.5 Å². The van der Waals surface area contributed by atoms with Crippen LogP contribution in [0.25, 0.3) is 0 Å². The monoisotopic (exact) mass is 290 g/mol. The molecule has 4 heteroatoms. The molecule has 0 aliphatic rings. The van der Waals surface area contributed by atoms with Gasteiger partial charge in [0.1, 0.15) is 0 Å². The van der Waals surface area contributed by atoms with Gasteiger partial charge < -0.3 is 10.1 Å². The van der Waals surface area contributed by atoms with Gasteiger partial charge in [0, 0.05) is 35.6 Å². The van der Waals surface area contributed by atoms with E-state index in [1.165, 1.54) is 10.4 Å². The maximum absolute atomic E-state index is 5.72. The third kappa shape index (κ3) is 4.62. The molecule has 2 heterocycles. The van der Waals surface area contributed by atoms with Crippen LogP contribution in [0.2, 0.25) is 0 Å². The van der Waals surface area contributed by atoms with Gasteiger partial charge in [-0.05, 0) is 23.9 Å². The molecule has 0 bridgehead atoms. The van der Waals surface area contributed by atoms with Crippen molar-refractivity contribution in [2.45, 2.75) is 39.8 Å². The molecule has 1 N–H and O–H groups in total. The number of rotatable bonds is 7. The van der Waals surface area contributed by atoms with E-state index >= 15 is 0 Å². The fraction of sp³-hybridized carbons (Fsp3) is 0.438. The summed E-state index contributed by atoms with van der Waals surface area (Å²) in [6.45, 7) is 7.85. The van der Waals surface area contributed by atoms with Crippen molar-refractivity contribution in [3.8, 4) is 5.88 Å². The molecule has 0 amide bonds. The van der Waals surface area contributed by atoms with Gasteiger partial charge in [-0.2, -0.15) is 0 Å². The minimum Gasteiger partial charge on any atom is -0.477 e. The highest BCUT2D eigenvalue weighted by Gasteiger charge is 2.04. The second-order valence-electron chi connectivity index (χ2n) is 5.11. The Kier molecular flexibility index (Phi) is 5.56. The van der Waals surface area contributed by atoms with Gasteiger partial charge in [-0.15, -0.1) is 11.3 Å². The molecular weight excluding hydrogens is 268 g/mol. The highest BCUT2D eigenvalue weighted by molar-refractivity contribution is 7.09. The molecular formula is C16H22N2OS. The molecule has 0 saturated heterocycles. The summed E-state index contributed by atoms with van der Waals surface area (Å²) in [5.41, 5.74) is 2.26. The number of nitrogens with zero attached hydrogens (tertiary/aromatic N) is 1. The summed E-state index contributed by atoms with van der Waals surface area (Å²) in [5, 5.41) is 5.50. The van der Waals surface area contributed by atoms with Gasteiger partial charge in [0.05, 0.1) is 6.61 Å². The van der Waals surface area contributed by atoms with Gasteiger partial charge in [-0.25, -0.2) is 4.98 Å². The van der Waals surface area contributed by atoms with E-state index in [-0.39, 0.29) is 0 Å². The number of aryl methyl sites for hydroxylation is 1. The van der Waals surface area contributed by atoms with Crippen molar-refractivity contribution in [3.05, 3.63) is 45.8 Å². The fourth-order valence-electron chi connectivity index (χ4n) is 1.86. The minimum absolute atomic E-state index is 0.483. The van der Waals surface area contributed by atoms with Crippen LogP contribution in [0.4, 0.5) is 0 Å². The fourth-order valence-corrected chi connectivity index (χ4v) is 2.55. The van der Waals surface area contributed by atoms with Crippen molar-refractivity contribution in [2.75, 3.05) is 6.61 Å². The van der Waals surface area contributed by atoms with Crippen molar-refractivity contribution < 1.29 is 4.74 Å². The second kappa shape index (κ2) is 7.41. The molecule has 0 spiro atoms. The van der Waals surface area contributed by atoms with Gasteiger partial charge in [0.2, 0.25) is 5.88 Å². The van der Waals surface area contributed by atoms with Crippen LogP contribution in [0.3, 0.4) is 0 Å². The first kappa shape index (κ1) is 15.0. The quantitative estimate of drug-likeness (QED) is 0.846. The average molecular weight is 290 g/mol. The molecule has 2 rings (SSSR count). The molecule has 0 aliphatic heterocycles. The van der Waals surface area contributed by atoms with Crippen LogP contribution >= 0.6 is 11.3 Å². The van der Waals surface area contributed by atoms with Crippen LogP contribution in [-0.4, -0.2) is 17.6 Å². The zero-order chi connectivity index (χ0) is 14.4. The summed E-state index contributed by atoms with van der Waals surface area (Å²) in [6.07, 6.45) is 0.940. The number of hydrogen-bond donors (Lipinski definition) is 1. The zero-order valence-corrected chi connectivity index (χ0v) is 13.2. The number of thiophene rings is 1. The normalized spacial score (nSPS) is 11.0. The van der Waals surface area contributed by atoms with Gasteiger partial charge in [0.15, 0.2) is 0 Å². The lowest BCUT2D eigenvalue weighted by molar-refractivity contribution is 0.309. The molecule has 0 radical (unpaired) electrons. The number of hydrogen-bond acceptors (Lipinski definition) is 4. The maximum atomic E-state index is 5.72. The van der Waals surface area contributed by atoms with Crippen LogP contribution in [0.15, 0.2) is 29.6 Å². The molecule has 20 heavy (non-hydrogen) atoms. The Labute approximate surface area is 125 Å². The molecule has 108 valence electrons. The van der Waals surface area contributed by atoms with E-state index in [2.05, 4.69) is 47.7 Å². The summed E-state index contributed by atoms with van der Waals surface area (Å²) in [7, 11) is 0. The van der Waals surface area contributed by atoms with Crippen molar-refractivity contribution in [2.24, 2.45) is 0 Å². The highest BCUT2D eigenvalue weighted by Crippen LogP contribution is 2.14. The molecule has 0 aliphatic carbocycles. The summed E-state index contributed by atoms with van der Waals surface area (Å²) in [6, 6.07) is 8.74. The Hall–Kier alpha value is -1.39. The summed E-state index contributed by atoms with van der Waals surface area (Å²) in [5.74, 6) is 0.715. The number of ether oxygens (including phenoxy) is 1. The first-order valence-corrected chi connectivity index (χ1v) is 7.88. The van der Waals surface area contributed by atoms with Crippen LogP contribution in [-0.2, 0) is 13.0 Å². The van der Waals surface area contributed by atoms with Crippen molar-refractivity contribution in [1.29, 1.82) is 0 Å². The molecule has 0 aromatic carbocycles. The Morgan fingerprint density at radius 1 is 1.30 bits per heavy atom. The van der Waals surface area contributed by atoms with Crippen molar-refractivity contribution in [3.63, 3.8) is 0 Å². The van der Waals surface area contributed by atoms with E-state index in [9.17, 15) is 0 Å². The van der Waals surface area contributed by atoms with Gasteiger partial charge in [-0.1, -0.05) is 26.0 Å². The van der Waals surface area contributed by atoms with E-state index in [1.54, 1.807) is 11.3 Å². The van der Waals surface area contributed by atoms with Crippen LogP contribution in [0.5, 0.6) is 5.88 Å². The first-order chi connectivity index (χ1) is 9.65. The average Bonchev–Trinajstić information content (AvgIpc) is 2.91. The van der Waals surface area contributed by atoms with Crippen molar-refractivity contribution in [1.82, 2.24) is 10.3 Å². The number of nitrogens with one attached hydrogen (secondary N) is 1. The van der Waals surface area contributed by atoms with Crippen LogP contribution < -0.4 is 10.1 Å². The van der Waals surface area contributed by atoms with E-state index in [4.69, 9.17) is 4.74 Å². The summed E-state index contributed by atoms with van der Waals surface area (Å²) in [4.78, 5) is 5.86. The number of pyridine rings is 1. The molecule has 0 atom stereocenters. The lowest BCUT2D eigenvalue weighted by Crippen LogP contribution is -2.22. The van der Waals surface area contributed by atoms with Crippen LogP contribution in [0.1, 0.15) is 30.0 Å². The molecule has 2 aromatic rings. The Bertz CT molecular complexity index is 523. The predicted octanol–water partition coefficient (Wildman–Crippen LogP) is 3.57. The number of aromatic nitrogens is 1. The smallest absolute Gasteiger partial charge is 0.213 e. The lowest BCUT2D eigenvalue weighted by atomic mass is 10.2.